The fraction of sp³-hybridized carbons (Fsp3) is 0.720. The maximum absolute atomic E-state index is 13.5. The lowest BCUT2D eigenvalue weighted by atomic mass is 9.81. The molecule has 0 bridgehead atoms. The van der Waals surface area contributed by atoms with Crippen LogP contribution in [0.2, 0.25) is 0 Å². The van der Waals surface area contributed by atoms with Crippen LogP contribution in [0.3, 0.4) is 0 Å². The predicted octanol–water partition coefficient (Wildman–Crippen LogP) is 3.75. The van der Waals surface area contributed by atoms with Crippen molar-refractivity contribution in [3.63, 3.8) is 0 Å². The van der Waals surface area contributed by atoms with Gasteiger partial charge in [-0.2, -0.15) is 0 Å². The minimum absolute atomic E-state index is 0.00598. The molecule has 1 atom stereocenters. The normalized spacial score (nSPS) is 28.3. The fourth-order valence-corrected chi connectivity index (χ4v) is 6.03. The highest BCUT2D eigenvalue weighted by Crippen LogP contribution is 2.50. The van der Waals surface area contributed by atoms with Crippen molar-refractivity contribution in [2.75, 3.05) is 39.9 Å². The molecule has 1 spiro atoms. The van der Waals surface area contributed by atoms with Crippen molar-refractivity contribution in [1.29, 1.82) is 0 Å². The van der Waals surface area contributed by atoms with Crippen LogP contribution in [0.25, 0.3) is 0 Å². The lowest BCUT2D eigenvalue weighted by Gasteiger charge is -2.49. The van der Waals surface area contributed by atoms with Gasteiger partial charge in [-0.1, -0.05) is 18.6 Å². The Kier molecular flexibility index (Phi) is 5.53. The maximum Gasteiger partial charge on any atom is 0.233 e. The number of hydrogen-bond donors (Lipinski definition) is 0. The van der Waals surface area contributed by atoms with E-state index in [-0.39, 0.29) is 11.0 Å². The third-order valence-corrected chi connectivity index (χ3v) is 8.14. The summed E-state index contributed by atoms with van der Waals surface area (Å²) in [5.41, 5.74) is 0.849. The van der Waals surface area contributed by atoms with E-state index in [1.807, 2.05) is 12.1 Å². The third-order valence-electron chi connectivity index (χ3n) is 8.14. The van der Waals surface area contributed by atoms with Gasteiger partial charge in [-0.3, -0.25) is 4.79 Å². The highest BCUT2D eigenvalue weighted by molar-refractivity contribution is 5.91. The molecule has 0 N–H and O–H groups in total. The van der Waals surface area contributed by atoms with Crippen molar-refractivity contribution in [3.05, 3.63) is 29.8 Å². The van der Waals surface area contributed by atoms with E-state index in [1.54, 1.807) is 7.11 Å². The molecule has 1 aromatic rings. The first-order chi connectivity index (χ1) is 14.6. The molecule has 1 aromatic carbocycles. The first-order valence-electron chi connectivity index (χ1n) is 12.0. The molecule has 30 heavy (non-hydrogen) atoms. The molecule has 0 aromatic heterocycles. The van der Waals surface area contributed by atoms with Crippen LogP contribution in [0.5, 0.6) is 5.75 Å². The van der Waals surface area contributed by atoms with Crippen molar-refractivity contribution in [2.45, 2.75) is 74.8 Å². The largest absolute Gasteiger partial charge is 0.497 e. The maximum atomic E-state index is 13.5. The second-order valence-electron chi connectivity index (χ2n) is 9.88. The summed E-state index contributed by atoms with van der Waals surface area (Å²) >= 11 is 0. The highest BCUT2D eigenvalue weighted by atomic mass is 16.5. The molecule has 3 heterocycles. The van der Waals surface area contributed by atoms with Crippen LogP contribution in [0, 0.1) is 0 Å². The van der Waals surface area contributed by atoms with E-state index in [2.05, 4.69) is 21.9 Å². The second-order valence-corrected chi connectivity index (χ2v) is 9.88. The monoisotopic (exact) mass is 412 g/mol. The molecule has 1 unspecified atom stereocenters. The van der Waals surface area contributed by atoms with Crippen LogP contribution >= 0.6 is 0 Å². The molecule has 5 rings (SSSR count). The molecule has 4 aliphatic rings. The van der Waals surface area contributed by atoms with Crippen molar-refractivity contribution < 1.29 is 14.3 Å². The second kappa shape index (κ2) is 8.16. The summed E-state index contributed by atoms with van der Waals surface area (Å²) in [6.45, 7) is 5.07. The van der Waals surface area contributed by atoms with Crippen LogP contribution in [0.1, 0.15) is 63.4 Å². The summed E-state index contributed by atoms with van der Waals surface area (Å²) in [6, 6.07) is 8.77. The summed E-state index contributed by atoms with van der Waals surface area (Å²) in [6.07, 6.45) is 10.3. The molecule has 164 valence electrons. The smallest absolute Gasteiger partial charge is 0.233 e. The summed E-state index contributed by atoms with van der Waals surface area (Å²) in [5, 5.41) is 0. The van der Waals surface area contributed by atoms with Gasteiger partial charge >= 0.3 is 0 Å². The van der Waals surface area contributed by atoms with E-state index < -0.39 is 0 Å². The van der Waals surface area contributed by atoms with Gasteiger partial charge in [-0.05, 0) is 82.2 Å². The van der Waals surface area contributed by atoms with Gasteiger partial charge in [0.2, 0.25) is 5.91 Å². The highest BCUT2D eigenvalue weighted by Gasteiger charge is 2.54. The van der Waals surface area contributed by atoms with Gasteiger partial charge in [-0.25, -0.2) is 0 Å². The van der Waals surface area contributed by atoms with E-state index >= 15 is 0 Å². The van der Waals surface area contributed by atoms with E-state index in [0.717, 1.165) is 63.1 Å². The minimum atomic E-state index is -0.291. The molecule has 0 radical (unpaired) electrons. The number of amides is 1. The van der Waals surface area contributed by atoms with Crippen molar-refractivity contribution in [1.82, 2.24) is 9.80 Å². The summed E-state index contributed by atoms with van der Waals surface area (Å²) in [4.78, 5) is 18.3. The molecule has 5 heteroatoms. The molecular weight excluding hydrogens is 376 g/mol. The van der Waals surface area contributed by atoms with Crippen LogP contribution in [0.15, 0.2) is 24.3 Å². The Labute approximate surface area is 180 Å². The van der Waals surface area contributed by atoms with E-state index in [1.165, 1.54) is 38.8 Å². The number of benzene rings is 1. The molecule has 1 saturated carbocycles. The molecular formula is C25H36N2O3. The van der Waals surface area contributed by atoms with Gasteiger partial charge in [0.05, 0.1) is 18.1 Å². The Morgan fingerprint density at radius 1 is 1.00 bits per heavy atom. The number of piperidine rings is 2. The number of hydrogen-bond acceptors (Lipinski definition) is 4. The molecule has 4 fully saturated rings. The van der Waals surface area contributed by atoms with Gasteiger partial charge in [0, 0.05) is 25.7 Å². The van der Waals surface area contributed by atoms with E-state index in [4.69, 9.17) is 9.47 Å². The zero-order valence-electron chi connectivity index (χ0n) is 18.4. The van der Waals surface area contributed by atoms with Crippen LogP contribution < -0.4 is 4.74 Å². The van der Waals surface area contributed by atoms with Crippen molar-refractivity contribution in [2.24, 2.45) is 0 Å². The Morgan fingerprint density at radius 3 is 2.33 bits per heavy atom. The van der Waals surface area contributed by atoms with Gasteiger partial charge in [-0.15, -0.1) is 0 Å². The quantitative estimate of drug-likeness (QED) is 0.755. The molecule has 1 aliphatic carbocycles. The number of carbonyl (C=O) groups is 1. The first kappa shape index (κ1) is 20.3. The standard InChI is InChI=1S/C25H36N2O3/c1-29-22-7-5-20(6-8-22)25(10-11-25)23(28)27-16-12-24(13-17-27)19-21(9-18-30-24)26-14-3-2-4-15-26/h5-8,21H,2-4,9-19H2,1H3. The van der Waals surface area contributed by atoms with Gasteiger partial charge in [0.15, 0.2) is 0 Å². The van der Waals surface area contributed by atoms with Crippen LogP contribution in [-0.4, -0.2) is 67.2 Å². The lowest BCUT2D eigenvalue weighted by Crippen LogP contribution is -2.56. The Bertz CT molecular complexity index is 744. The number of ether oxygens (including phenoxy) is 2. The Balaban J connectivity index is 1.21. The summed E-state index contributed by atoms with van der Waals surface area (Å²) in [7, 11) is 1.68. The van der Waals surface area contributed by atoms with Crippen LogP contribution in [-0.2, 0) is 14.9 Å². The summed E-state index contributed by atoms with van der Waals surface area (Å²) < 4.78 is 11.7. The molecule has 5 nitrogen and oxygen atoms in total. The zero-order chi connectivity index (χ0) is 20.6. The number of rotatable bonds is 4. The average molecular weight is 413 g/mol. The lowest BCUT2D eigenvalue weighted by molar-refractivity contribution is -0.151. The number of carbonyl (C=O) groups excluding carboxylic acids is 1. The molecule has 3 saturated heterocycles. The van der Waals surface area contributed by atoms with Crippen molar-refractivity contribution >= 4 is 5.91 Å². The number of methoxy groups -OCH3 is 1. The predicted molar refractivity (Wildman–Crippen MR) is 117 cm³/mol. The summed E-state index contributed by atoms with van der Waals surface area (Å²) in [5.74, 6) is 1.17. The van der Waals surface area contributed by atoms with Gasteiger partial charge < -0.3 is 19.3 Å². The Hall–Kier alpha value is -1.59. The number of likely N-dealkylation sites (tertiary alicyclic amines) is 2. The average Bonchev–Trinajstić information content (AvgIpc) is 3.62. The molecule has 1 amide bonds. The van der Waals surface area contributed by atoms with Gasteiger partial charge in [0.1, 0.15) is 5.75 Å². The van der Waals surface area contributed by atoms with E-state index in [0.29, 0.717) is 11.9 Å². The number of nitrogens with zero attached hydrogens (tertiary/aromatic N) is 2. The SMILES string of the molecule is COc1ccc(C2(C(=O)N3CCC4(CC3)CC(N3CCCCC3)CCO4)CC2)cc1. The zero-order valence-corrected chi connectivity index (χ0v) is 18.4. The molecule has 3 aliphatic heterocycles. The van der Waals surface area contributed by atoms with Crippen LogP contribution in [0.4, 0.5) is 0 Å². The van der Waals surface area contributed by atoms with Crippen molar-refractivity contribution in [3.8, 4) is 5.75 Å². The fourth-order valence-electron chi connectivity index (χ4n) is 6.03. The minimum Gasteiger partial charge on any atom is -0.497 e. The third kappa shape index (κ3) is 3.75. The first-order valence-corrected chi connectivity index (χ1v) is 12.0. The topological polar surface area (TPSA) is 42.0 Å². The van der Waals surface area contributed by atoms with E-state index in [9.17, 15) is 4.79 Å². The van der Waals surface area contributed by atoms with Gasteiger partial charge in [0.25, 0.3) is 0 Å². The Morgan fingerprint density at radius 2 is 1.70 bits per heavy atom.